The molecule has 29 heavy (non-hydrogen) atoms. The molecule has 1 saturated heterocycles. The van der Waals surface area contributed by atoms with E-state index < -0.39 is 0 Å². The normalized spacial score (nSPS) is 18.3. The van der Waals surface area contributed by atoms with Gasteiger partial charge in [-0.2, -0.15) is 0 Å². The van der Waals surface area contributed by atoms with Crippen LogP contribution in [0.3, 0.4) is 0 Å². The second-order valence-electron chi connectivity index (χ2n) is 7.70. The number of amides is 3. The Morgan fingerprint density at radius 3 is 2.62 bits per heavy atom. The number of fused-ring (bicyclic) bond motifs is 1. The van der Waals surface area contributed by atoms with E-state index in [1.807, 2.05) is 31.2 Å². The Balaban J connectivity index is 1.52. The summed E-state index contributed by atoms with van der Waals surface area (Å²) in [6, 6.07) is 12.7. The molecule has 0 radical (unpaired) electrons. The molecule has 2 aromatic carbocycles. The number of benzene rings is 2. The molecule has 0 aromatic heterocycles. The molecule has 0 spiro atoms. The number of imide groups is 1. The maximum atomic E-state index is 12.9. The van der Waals surface area contributed by atoms with Crippen LogP contribution >= 0.6 is 0 Å². The Morgan fingerprint density at radius 1 is 1.14 bits per heavy atom. The van der Waals surface area contributed by atoms with Gasteiger partial charge in [-0.25, -0.2) is 0 Å². The highest BCUT2D eigenvalue weighted by Gasteiger charge is 2.38. The molecule has 2 aliphatic rings. The lowest BCUT2D eigenvalue weighted by atomic mass is 10.0. The molecule has 1 atom stereocenters. The first-order chi connectivity index (χ1) is 14.0. The third-order valence-corrected chi connectivity index (χ3v) is 5.64. The van der Waals surface area contributed by atoms with Crippen LogP contribution in [0.4, 0.5) is 0 Å². The van der Waals surface area contributed by atoms with Crippen LogP contribution in [0.2, 0.25) is 0 Å². The highest BCUT2D eigenvalue weighted by atomic mass is 16.5. The first-order valence-corrected chi connectivity index (χ1v) is 9.87. The third kappa shape index (κ3) is 3.68. The van der Waals surface area contributed by atoms with Crippen molar-refractivity contribution in [1.29, 1.82) is 0 Å². The van der Waals surface area contributed by atoms with Crippen molar-refractivity contribution in [2.24, 2.45) is 0 Å². The van der Waals surface area contributed by atoms with E-state index in [0.29, 0.717) is 29.8 Å². The van der Waals surface area contributed by atoms with Gasteiger partial charge in [0.2, 0.25) is 0 Å². The molecule has 2 heterocycles. The number of aryl methyl sites for hydroxylation is 1. The van der Waals surface area contributed by atoms with Crippen molar-refractivity contribution in [3.05, 3.63) is 70.3 Å². The van der Waals surface area contributed by atoms with Crippen molar-refractivity contribution >= 4 is 17.7 Å². The van der Waals surface area contributed by atoms with Gasteiger partial charge in [0, 0.05) is 25.8 Å². The molecule has 6 heteroatoms. The first kappa shape index (κ1) is 19.3. The zero-order chi connectivity index (χ0) is 20.5. The quantitative estimate of drug-likeness (QED) is 0.734. The average molecular weight is 392 g/mol. The predicted molar refractivity (Wildman–Crippen MR) is 108 cm³/mol. The number of ether oxygens (including phenoxy) is 1. The van der Waals surface area contributed by atoms with E-state index in [1.54, 1.807) is 30.1 Å². The van der Waals surface area contributed by atoms with E-state index in [9.17, 15) is 14.4 Å². The van der Waals surface area contributed by atoms with Crippen LogP contribution in [0, 0.1) is 6.92 Å². The molecule has 0 unspecified atom stereocenters. The van der Waals surface area contributed by atoms with Gasteiger partial charge in [-0.3, -0.25) is 19.3 Å². The van der Waals surface area contributed by atoms with Gasteiger partial charge >= 0.3 is 0 Å². The number of carbonyl (C=O) groups excluding carboxylic acids is 3. The molecule has 0 N–H and O–H groups in total. The molecule has 4 rings (SSSR count). The fourth-order valence-electron chi connectivity index (χ4n) is 3.92. The molecule has 2 aliphatic heterocycles. The van der Waals surface area contributed by atoms with Crippen LogP contribution in [0.25, 0.3) is 0 Å². The zero-order valence-electron chi connectivity index (χ0n) is 16.7. The Labute approximate surface area is 170 Å². The molecule has 0 bridgehead atoms. The van der Waals surface area contributed by atoms with E-state index >= 15 is 0 Å². The smallest absolute Gasteiger partial charge is 0.261 e. The maximum Gasteiger partial charge on any atom is 0.261 e. The van der Waals surface area contributed by atoms with Gasteiger partial charge in [-0.15, -0.1) is 0 Å². The van der Waals surface area contributed by atoms with Gasteiger partial charge in [-0.1, -0.05) is 24.3 Å². The van der Waals surface area contributed by atoms with Crippen molar-refractivity contribution in [2.75, 3.05) is 20.2 Å². The van der Waals surface area contributed by atoms with E-state index in [4.69, 9.17) is 4.74 Å². The molecule has 1 fully saturated rings. The number of nitrogens with zero attached hydrogens (tertiary/aromatic N) is 2. The highest BCUT2D eigenvalue weighted by molar-refractivity contribution is 6.22. The van der Waals surface area contributed by atoms with E-state index in [-0.39, 0.29) is 30.4 Å². The van der Waals surface area contributed by atoms with Crippen LogP contribution < -0.4 is 0 Å². The Kier molecular flexibility index (Phi) is 5.20. The van der Waals surface area contributed by atoms with Crippen LogP contribution in [-0.2, 0) is 11.3 Å². The zero-order valence-corrected chi connectivity index (χ0v) is 16.7. The summed E-state index contributed by atoms with van der Waals surface area (Å²) in [5.74, 6) is -0.849. The predicted octanol–water partition coefficient (Wildman–Crippen LogP) is 3.04. The summed E-state index contributed by atoms with van der Waals surface area (Å²) in [7, 11) is 1.73. The fraction of sp³-hybridized carbons (Fsp3) is 0.348. The van der Waals surface area contributed by atoms with Gasteiger partial charge in [0.1, 0.15) is 0 Å². The van der Waals surface area contributed by atoms with Crippen molar-refractivity contribution in [1.82, 2.24) is 9.80 Å². The molecule has 2 aromatic rings. The SMILES string of the molecule is Cc1ccccc1CN(C)C(=O)c1ccc2c(c1)C(=O)N(C[C@H]1CCCO1)C2=O. The lowest BCUT2D eigenvalue weighted by molar-refractivity contribution is 0.0475. The summed E-state index contributed by atoms with van der Waals surface area (Å²) in [6.07, 6.45) is 1.69. The van der Waals surface area contributed by atoms with Gasteiger partial charge in [-0.05, 0) is 49.1 Å². The lowest BCUT2D eigenvalue weighted by Crippen LogP contribution is -2.36. The molecule has 6 nitrogen and oxygen atoms in total. The highest BCUT2D eigenvalue weighted by Crippen LogP contribution is 2.26. The number of carbonyl (C=O) groups is 3. The number of hydrogen-bond donors (Lipinski definition) is 0. The Hall–Kier alpha value is -2.99. The summed E-state index contributed by atoms with van der Waals surface area (Å²) >= 11 is 0. The van der Waals surface area contributed by atoms with E-state index in [1.165, 1.54) is 4.90 Å². The van der Waals surface area contributed by atoms with Crippen LogP contribution in [0.15, 0.2) is 42.5 Å². The van der Waals surface area contributed by atoms with E-state index in [0.717, 1.165) is 24.0 Å². The molecule has 0 saturated carbocycles. The minimum atomic E-state index is -0.350. The molecule has 3 amide bonds. The number of hydrogen-bond acceptors (Lipinski definition) is 4. The molecular formula is C23H24N2O4. The standard InChI is InChI=1S/C23H24N2O4/c1-15-6-3-4-7-17(15)13-24(2)21(26)16-9-10-19-20(12-16)23(28)25(22(19)27)14-18-8-5-11-29-18/h3-4,6-7,9-10,12,18H,5,8,11,13-14H2,1-2H3/t18-/m1/s1. The summed E-state index contributed by atoms with van der Waals surface area (Å²) in [6.45, 7) is 3.42. The van der Waals surface area contributed by atoms with Crippen molar-refractivity contribution in [3.63, 3.8) is 0 Å². The van der Waals surface area contributed by atoms with Gasteiger partial charge in [0.05, 0.1) is 23.8 Å². The summed E-state index contributed by atoms with van der Waals surface area (Å²) in [5, 5.41) is 0. The van der Waals surface area contributed by atoms with Gasteiger partial charge in [0.25, 0.3) is 17.7 Å². The van der Waals surface area contributed by atoms with Crippen molar-refractivity contribution in [3.8, 4) is 0 Å². The van der Waals surface area contributed by atoms with Crippen LogP contribution in [0.5, 0.6) is 0 Å². The second-order valence-corrected chi connectivity index (χ2v) is 7.70. The molecule has 0 aliphatic carbocycles. The largest absolute Gasteiger partial charge is 0.376 e. The maximum absolute atomic E-state index is 12.9. The van der Waals surface area contributed by atoms with Crippen LogP contribution in [-0.4, -0.2) is 53.8 Å². The second kappa shape index (κ2) is 7.79. The molecular weight excluding hydrogens is 368 g/mol. The lowest BCUT2D eigenvalue weighted by Gasteiger charge is -2.19. The van der Waals surface area contributed by atoms with Crippen molar-refractivity contribution in [2.45, 2.75) is 32.4 Å². The minimum Gasteiger partial charge on any atom is -0.376 e. The van der Waals surface area contributed by atoms with Crippen LogP contribution in [0.1, 0.15) is 55.0 Å². The minimum absolute atomic E-state index is 0.0986. The Bertz CT molecular complexity index is 979. The summed E-state index contributed by atoms with van der Waals surface area (Å²) in [5.41, 5.74) is 3.24. The monoisotopic (exact) mass is 392 g/mol. The molecule has 150 valence electrons. The van der Waals surface area contributed by atoms with E-state index in [2.05, 4.69) is 0 Å². The summed E-state index contributed by atoms with van der Waals surface area (Å²) in [4.78, 5) is 41.2. The topological polar surface area (TPSA) is 66.9 Å². The fourth-order valence-corrected chi connectivity index (χ4v) is 3.92. The summed E-state index contributed by atoms with van der Waals surface area (Å²) < 4.78 is 5.56. The van der Waals surface area contributed by atoms with Gasteiger partial charge in [0.15, 0.2) is 0 Å². The van der Waals surface area contributed by atoms with Gasteiger partial charge < -0.3 is 9.64 Å². The Morgan fingerprint density at radius 2 is 1.90 bits per heavy atom. The third-order valence-electron chi connectivity index (χ3n) is 5.64. The van der Waals surface area contributed by atoms with Crippen molar-refractivity contribution < 1.29 is 19.1 Å². The number of rotatable bonds is 5. The average Bonchev–Trinajstić information content (AvgIpc) is 3.32. The first-order valence-electron chi connectivity index (χ1n) is 9.87.